The van der Waals surface area contributed by atoms with E-state index in [0.29, 0.717) is 17.8 Å². The van der Waals surface area contributed by atoms with Gasteiger partial charge in [-0.2, -0.15) is 0 Å². The molecule has 4 nitrogen and oxygen atoms in total. The third-order valence-electron chi connectivity index (χ3n) is 2.03. The standard InChI is InChI=1S/C11H8ClN3O/c12-11-10(13-7-16)6-9(14-15-11)8-4-2-1-3-5-8/h1-7H,(H,13,14,16). The zero-order valence-electron chi connectivity index (χ0n) is 8.22. The van der Waals surface area contributed by atoms with Crippen LogP contribution in [0.15, 0.2) is 36.4 Å². The monoisotopic (exact) mass is 233 g/mol. The number of amides is 1. The van der Waals surface area contributed by atoms with E-state index in [1.54, 1.807) is 6.07 Å². The van der Waals surface area contributed by atoms with Gasteiger partial charge in [0.1, 0.15) is 0 Å². The number of carbonyl (C=O) groups excluding carboxylic acids is 1. The number of nitrogens with one attached hydrogen (secondary N) is 1. The minimum atomic E-state index is 0.173. The van der Waals surface area contributed by atoms with Crippen molar-refractivity contribution in [3.8, 4) is 11.3 Å². The summed E-state index contributed by atoms with van der Waals surface area (Å²) in [6.45, 7) is 0. The maximum atomic E-state index is 10.4. The zero-order valence-corrected chi connectivity index (χ0v) is 8.98. The highest BCUT2D eigenvalue weighted by Crippen LogP contribution is 2.23. The second-order valence-corrected chi connectivity index (χ2v) is 3.42. The second-order valence-electron chi connectivity index (χ2n) is 3.06. The molecule has 0 fully saturated rings. The van der Waals surface area contributed by atoms with Crippen LogP contribution in [0.4, 0.5) is 5.69 Å². The van der Waals surface area contributed by atoms with Crippen molar-refractivity contribution in [2.45, 2.75) is 0 Å². The molecule has 5 heteroatoms. The van der Waals surface area contributed by atoms with Gasteiger partial charge in [0.05, 0.1) is 11.4 Å². The van der Waals surface area contributed by atoms with E-state index in [2.05, 4.69) is 15.5 Å². The molecule has 16 heavy (non-hydrogen) atoms. The van der Waals surface area contributed by atoms with Crippen LogP contribution >= 0.6 is 11.6 Å². The lowest BCUT2D eigenvalue weighted by Gasteiger charge is -2.04. The van der Waals surface area contributed by atoms with Gasteiger partial charge < -0.3 is 5.32 Å². The molecular weight excluding hydrogens is 226 g/mol. The molecule has 0 saturated carbocycles. The molecule has 0 unspecified atom stereocenters. The summed E-state index contributed by atoms with van der Waals surface area (Å²) in [5.74, 6) is 0. The van der Waals surface area contributed by atoms with Crippen LogP contribution in [0.3, 0.4) is 0 Å². The Morgan fingerprint density at radius 2 is 1.94 bits per heavy atom. The minimum absolute atomic E-state index is 0.173. The van der Waals surface area contributed by atoms with Crippen molar-refractivity contribution in [3.63, 3.8) is 0 Å². The van der Waals surface area contributed by atoms with Crippen molar-refractivity contribution in [1.82, 2.24) is 10.2 Å². The van der Waals surface area contributed by atoms with Crippen LogP contribution in [0.1, 0.15) is 0 Å². The van der Waals surface area contributed by atoms with Crippen LogP contribution in [-0.4, -0.2) is 16.6 Å². The molecule has 2 rings (SSSR count). The molecule has 0 aliphatic heterocycles. The number of aromatic nitrogens is 2. The van der Waals surface area contributed by atoms with Crippen molar-refractivity contribution >= 4 is 23.7 Å². The molecule has 0 aliphatic carbocycles. The molecular formula is C11H8ClN3O. The number of hydrogen-bond acceptors (Lipinski definition) is 3. The highest BCUT2D eigenvalue weighted by molar-refractivity contribution is 6.32. The van der Waals surface area contributed by atoms with Gasteiger partial charge in [-0.3, -0.25) is 4.79 Å². The van der Waals surface area contributed by atoms with Gasteiger partial charge in [0, 0.05) is 5.56 Å². The molecule has 0 bridgehead atoms. The van der Waals surface area contributed by atoms with Gasteiger partial charge in [-0.15, -0.1) is 10.2 Å². The fraction of sp³-hybridized carbons (Fsp3) is 0. The van der Waals surface area contributed by atoms with Gasteiger partial charge in [-0.25, -0.2) is 0 Å². The summed E-state index contributed by atoms with van der Waals surface area (Å²) in [6.07, 6.45) is 0.553. The molecule has 1 N–H and O–H groups in total. The fourth-order valence-corrected chi connectivity index (χ4v) is 1.44. The summed E-state index contributed by atoms with van der Waals surface area (Å²) in [7, 11) is 0. The SMILES string of the molecule is O=CNc1cc(-c2ccccc2)nnc1Cl. The normalized spacial score (nSPS) is 9.81. The lowest BCUT2D eigenvalue weighted by Crippen LogP contribution is -1.98. The maximum absolute atomic E-state index is 10.4. The molecule has 0 saturated heterocycles. The van der Waals surface area contributed by atoms with Crippen LogP contribution in [0.5, 0.6) is 0 Å². The van der Waals surface area contributed by atoms with Gasteiger partial charge in [0.15, 0.2) is 5.15 Å². The summed E-state index contributed by atoms with van der Waals surface area (Å²) < 4.78 is 0. The van der Waals surface area contributed by atoms with Gasteiger partial charge in [-0.05, 0) is 6.07 Å². The number of rotatable bonds is 3. The zero-order chi connectivity index (χ0) is 11.4. The van der Waals surface area contributed by atoms with Crippen LogP contribution < -0.4 is 5.32 Å². The summed E-state index contributed by atoms with van der Waals surface area (Å²) in [4.78, 5) is 10.4. The van der Waals surface area contributed by atoms with Gasteiger partial charge in [0.25, 0.3) is 0 Å². The Labute approximate surface area is 97.3 Å². The Kier molecular flexibility index (Phi) is 3.12. The smallest absolute Gasteiger partial charge is 0.211 e. The number of halogens is 1. The number of carbonyl (C=O) groups is 1. The van der Waals surface area contributed by atoms with Gasteiger partial charge in [0.2, 0.25) is 6.41 Å². The molecule has 0 aliphatic rings. The molecule has 0 radical (unpaired) electrons. The quantitative estimate of drug-likeness (QED) is 0.828. The number of nitrogens with zero attached hydrogens (tertiary/aromatic N) is 2. The summed E-state index contributed by atoms with van der Waals surface area (Å²) in [5, 5.41) is 10.4. The van der Waals surface area contributed by atoms with E-state index in [0.717, 1.165) is 5.56 Å². The summed E-state index contributed by atoms with van der Waals surface area (Å²) in [6, 6.07) is 11.2. The third kappa shape index (κ3) is 2.17. The molecule has 1 heterocycles. The molecule has 80 valence electrons. The maximum Gasteiger partial charge on any atom is 0.211 e. The first-order valence-corrected chi connectivity index (χ1v) is 4.98. The van der Waals surface area contributed by atoms with Crippen molar-refractivity contribution in [3.05, 3.63) is 41.6 Å². The lowest BCUT2D eigenvalue weighted by atomic mass is 10.1. The van der Waals surface area contributed by atoms with Crippen molar-refractivity contribution in [1.29, 1.82) is 0 Å². The van der Waals surface area contributed by atoms with Crippen LogP contribution in [0, 0.1) is 0 Å². The van der Waals surface area contributed by atoms with Crippen LogP contribution in [0.2, 0.25) is 5.15 Å². The molecule has 2 aromatic rings. The highest BCUT2D eigenvalue weighted by Gasteiger charge is 2.05. The highest BCUT2D eigenvalue weighted by atomic mass is 35.5. The predicted octanol–water partition coefficient (Wildman–Crippen LogP) is 2.37. The van der Waals surface area contributed by atoms with Gasteiger partial charge in [-0.1, -0.05) is 41.9 Å². The topological polar surface area (TPSA) is 54.9 Å². The third-order valence-corrected chi connectivity index (χ3v) is 2.31. The second kappa shape index (κ2) is 4.72. The molecule has 0 spiro atoms. The van der Waals surface area contributed by atoms with E-state index in [-0.39, 0.29) is 5.15 Å². The van der Waals surface area contributed by atoms with E-state index < -0.39 is 0 Å². The molecule has 0 atom stereocenters. The Morgan fingerprint density at radius 1 is 1.19 bits per heavy atom. The first-order chi connectivity index (χ1) is 7.81. The van der Waals surface area contributed by atoms with Crippen LogP contribution in [0.25, 0.3) is 11.3 Å². The fourth-order valence-electron chi connectivity index (χ4n) is 1.29. The predicted molar refractivity (Wildman–Crippen MR) is 62.2 cm³/mol. The van der Waals surface area contributed by atoms with Gasteiger partial charge >= 0.3 is 0 Å². The van der Waals surface area contributed by atoms with E-state index >= 15 is 0 Å². The average Bonchev–Trinajstić information content (AvgIpc) is 2.33. The first kappa shape index (κ1) is 10.6. The summed E-state index contributed by atoms with van der Waals surface area (Å²) in [5.41, 5.74) is 2.03. The van der Waals surface area contributed by atoms with Crippen molar-refractivity contribution < 1.29 is 4.79 Å². The Hall–Kier alpha value is -1.94. The molecule has 1 amide bonds. The lowest BCUT2D eigenvalue weighted by molar-refractivity contribution is -0.105. The molecule has 1 aromatic heterocycles. The number of hydrogen-bond donors (Lipinski definition) is 1. The van der Waals surface area contributed by atoms with E-state index in [4.69, 9.17) is 11.6 Å². The Balaban J connectivity index is 2.43. The first-order valence-electron chi connectivity index (χ1n) is 4.60. The number of benzene rings is 1. The largest absolute Gasteiger partial charge is 0.326 e. The summed E-state index contributed by atoms with van der Waals surface area (Å²) >= 11 is 5.77. The van der Waals surface area contributed by atoms with Crippen molar-refractivity contribution in [2.24, 2.45) is 0 Å². The van der Waals surface area contributed by atoms with Crippen molar-refractivity contribution in [2.75, 3.05) is 5.32 Å². The van der Waals surface area contributed by atoms with E-state index in [1.807, 2.05) is 30.3 Å². The van der Waals surface area contributed by atoms with E-state index in [9.17, 15) is 4.79 Å². The van der Waals surface area contributed by atoms with E-state index in [1.165, 1.54) is 0 Å². The average molecular weight is 234 g/mol. The number of anilines is 1. The molecule has 1 aromatic carbocycles. The Morgan fingerprint density at radius 3 is 2.62 bits per heavy atom. The Bertz CT molecular complexity index is 502. The minimum Gasteiger partial charge on any atom is -0.326 e. The van der Waals surface area contributed by atoms with Crippen LogP contribution in [-0.2, 0) is 4.79 Å².